The smallest absolute Gasteiger partial charge is 0.226 e. The van der Waals surface area contributed by atoms with Gasteiger partial charge < -0.3 is 15.8 Å². The summed E-state index contributed by atoms with van der Waals surface area (Å²) in [6.45, 7) is -0.205. The molecule has 0 amide bonds. The van der Waals surface area contributed by atoms with Gasteiger partial charge in [-0.1, -0.05) is 0 Å². The van der Waals surface area contributed by atoms with Crippen molar-refractivity contribution in [2.45, 2.75) is 6.61 Å². The zero-order valence-electron chi connectivity index (χ0n) is 8.63. The Bertz CT molecular complexity index is 516. The van der Waals surface area contributed by atoms with Crippen LogP contribution in [0.4, 0.5) is 0 Å². The number of hydrogen-bond donors (Lipinski definition) is 4. The average molecular weight is 237 g/mol. The minimum absolute atomic E-state index is 0.0938. The summed E-state index contributed by atoms with van der Waals surface area (Å²) < 4.78 is 0. The van der Waals surface area contributed by atoms with Gasteiger partial charge in [-0.15, -0.1) is 11.8 Å². The van der Waals surface area contributed by atoms with Crippen LogP contribution in [0.2, 0.25) is 0 Å². The fraction of sp³-hybridized carbons (Fsp3) is 0.200. The second-order valence-corrected chi connectivity index (χ2v) is 4.19. The highest BCUT2D eigenvalue weighted by atomic mass is 32.2. The molecule has 1 aromatic rings. The molecule has 1 aliphatic carbocycles. The largest absolute Gasteiger partial charge is 0.395 e. The van der Waals surface area contributed by atoms with Crippen LogP contribution in [0.25, 0.3) is 0 Å². The van der Waals surface area contributed by atoms with Crippen LogP contribution < -0.4 is 5.73 Å². The number of nitrogens with one attached hydrogen (secondary N) is 2. The Kier molecular flexibility index (Phi) is 2.61. The van der Waals surface area contributed by atoms with Crippen molar-refractivity contribution >= 4 is 23.3 Å². The third kappa shape index (κ3) is 1.30. The fourth-order valence-corrected chi connectivity index (χ4v) is 2.37. The number of aliphatic hydroxyl groups is 1. The van der Waals surface area contributed by atoms with Crippen molar-refractivity contribution in [3.63, 3.8) is 0 Å². The van der Waals surface area contributed by atoms with E-state index < -0.39 is 0 Å². The first kappa shape index (κ1) is 11.0. The molecule has 6 heteroatoms. The highest BCUT2D eigenvalue weighted by Crippen LogP contribution is 2.31. The molecule has 0 saturated heterocycles. The number of hydrogen-bond acceptors (Lipinski definition) is 5. The van der Waals surface area contributed by atoms with E-state index in [1.807, 2.05) is 0 Å². The van der Waals surface area contributed by atoms with Gasteiger partial charge in [-0.2, -0.15) is 0 Å². The van der Waals surface area contributed by atoms with Crippen molar-refractivity contribution in [2.75, 3.05) is 6.26 Å². The van der Waals surface area contributed by atoms with Crippen LogP contribution in [-0.4, -0.2) is 27.8 Å². The number of aromatic amines is 1. The van der Waals surface area contributed by atoms with E-state index in [4.69, 9.17) is 16.2 Å². The van der Waals surface area contributed by atoms with Crippen LogP contribution >= 0.6 is 11.8 Å². The van der Waals surface area contributed by atoms with Crippen molar-refractivity contribution in [1.82, 2.24) is 4.98 Å². The molecule has 0 bridgehead atoms. The molecule has 16 heavy (non-hydrogen) atoms. The molecule has 0 atom stereocenters. The van der Waals surface area contributed by atoms with Crippen molar-refractivity contribution in [2.24, 2.45) is 5.73 Å². The van der Waals surface area contributed by atoms with Gasteiger partial charge in [-0.05, 0) is 6.26 Å². The van der Waals surface area contributed by atoms with Crippen LogP contribution in [0.5, 0.6) is 0 Å². The zero-order valence-corrected chi connectivity index (χ0v) is 9.44. The third-order valence-corrected chi connectivity index (χ3v) is 3.36. The zero-order chi connectivity index (χ0) is 11.9. The van der Waals surface area contributed by atoms with Crippen molar-refractivity contribution in [3.05, 3.63) is 33.6 Å². The van der Waals surface area contributed by atoms with Gasteiger partial charge in [0.1, 0.15) is 0 Å². The lowest BCUT2D eigenvalue weighted by Crippen LogP contribution is -2.25. The van der Waals surface area contributed by atoms with Gasteiger partial charge in [-0.3, -0.25) is 10.2 Å². The van der Waals surface area contributed by atoms with E-state index in [-0.39, 0.29) is 23.8 Å². The van der Waals surface area contributed by atoms with E-state index >= 15 is 0 Å². The van der Waals surface area contributed by atoms with Gasteiger partial charge in [-0.25, -0.2) is 0 Å². The summed E-state index contributed by atoms with van der Waals surface area (Å²) in [4.78, 5) is 15.1. The number of aliphatic hydroxyl groups excluding tert-OH is 1. The molecule has 0 aromatic carbocycles. The monoisotopic (exact) mass is 237 g/mol. The lowest BCUT2D eigenvalue weighted by Gasteiger charge is -2.17. The third-order valence-electron chi connectivity index (χ3n) is 2.53. The molecule has 0 spiro atoms. The predicted molar refractivity (Wildman–Crippen MR) is 62.6 cm³/mol. The van der Waals surface area contributed by atoms with Crippen molar-refractivity contribution in [3.8, 4) is 0 Å². The summed E-state index contributed by atoms with van der Waals surface area (Å²) in [6.07, 6.45) is 3.30. The molecule has 1 heterocycles. The van der Waals surface area contributed by atoms with Gasteiger partial charge >= 0.3 is 0 Å². The SMILES string of the molecule is CSC1=C(N)C(=O)c2[nH]cc(CO)c2C1=N. The Hall–Kier alpha value is -1.53. The van der Waals surface area contributed by atoms with E-state index in [0.29, 0.717) is 21.7 Å². The normalized spacial score (nSPS) is 15.6. The minimum Gasteiger partial charge on any atom is -0.395 e. The molecule has 0 radical (unpaired) electrons. The molecule has 1 aliphatic rings. The highest BCUT2D eigenvalue weighted by molar-refractivity contribution is 8.03. The van der Waals surface area contributed by atoms with Gasteiger partial charge in [0.25, 0.3) is 0 Å². The average Bonchev–Trinajstić information content (AvgIpc) is 2.70. The Morgan fingerprint density at radius 3 is 2.88 bits per heavy atom. The van der Waals surface area contributed by atoms with Gasteiger partial charge in [0.15, 0.2) is 0 Å². The van der Waals surface area contributed by atoms with E-state index in [2.05, 4.69) is 4.98 Å². The summed E-state index contributed by atoms with van der Waals surface area (Å²) in [5.74, 6) is -0.310. The first-order valence-electron chi connectivity index (χ1n) is 4.60. The van der Waals surface area contributed by atoms with Gasteiger partial charge in [0.2, 0.25) is 5.78 Å². The first-order chi connectivity index (χ1) is 7.61. The molecule has 0 unspecified atom stereocenters. The second-order valence-electron chi connectivity index (χ2n) is 3.37. The number of ketones is 1. The lowest BCUT2D eigenvalue weighted by molar-refractivity contribution is 0.102. The van der Waals surface area contributed by atoms with E-state index in [0.717, 1.165) is 0 Å². The molecule has 1 aromatic heterocycles. The molecule has 84 valence electrons. The van der Waals surface area contributed by atoms with E-state index in [1.54, 1.807) is 6.26 Å². The highest BCUT2D eigenvalue weighted by Gasteiger charge is 2.31. The molecular weight excluding hydrogens is 226 g/mol. The van der Waals surface area contributed by atoms with Crippen molar-refractivity contribution < 1.29 is 9.90 Å². The van der Waals surface area contributed by atoms with E-state index in [9.17, 15) is 4.79 Å². The molecule has 2 rings (SSSR count). The standard InChI is InChI=1S/C10H11N3O2S/c1-16-10-6(11)5-4(3-14)2-13-8(5)9(15)7(10)12/h2,11,13-14H,3,12H2,1H3. The number of rotatable bonds is 2. The number of carbonyl (C=O) groups is 1. The summed E-state index contributed by atoms with van der Waals surface area (Å²) >= 11 is 1.27. The number of aromatic nitrogens is 1. The Morgan fingerprint density at radius 1 is 1.62 bits per heavy atom. The number of nitrogens with two attached hydrogens (primary N) is 1. The molecule has 5 nitrogen and oxygen atoms in total. The van der Waals surface area contributed by atoms with Crippen LogP contribution in [0.3, 0.4) is 0 Å². The maximum absolute atomic E-state index is 11.9. The topological polar surface area (TPSA) is 103 Å². The van der Waals surface area contributed by atoms with Crippen LogP contribution in [-0.2, 0) is 6.61 Å². The number of carbonyl (C=O) groups excluding carboxylic acids is 1. The van der Waals surface area contributed by atoms with Gasteiger partial charge in [0, 0.05) is 17.3 Å². The van der Waals surface area contributed by atoms with Crippen molar-refractivity contribution in [1.29, 1.82) is 5.41 Å². The predicted octanol–water partition coefficient (Wildman–Crippen LogP) is 0.604. The molecule has 0 saturated carbocycles. The Balaban J connectivity index is 2.67. The summed E-state index contributed by atoms with van der Waals surface area (Å²) in [5, 5.41) is 17.1. The number of H-pyrrole nitrogens is 1. The molecule has 5 N–H and O–H groups in total. The Morgan fingerprint density at radius 2 is 2.31 bits per heavy atom. The Labute approximate surface area is 96.2 Å². The van der Waals surface area contributed by atoms with Crippen LogP contribution in [0.1, 0.15) is 21.6 Å². The van der Waals surface area contributed by atoms with Crippen LogP contribution in [0, 0.1) is 5.41 Å². The lowest BCUT2D eigenvalue weighted by atomic mass is 9.96. The van der Waals surface area contributed by atoms with E-state index in [1.165, 1.54) is 18.0 Å². The molecule has 0 aliphatic heterocycles. The number of fused-ring (bicyclic) bond motifs is 1. The quantitative estimate of drug-likeness (QED) is 0.605. The number of thioether (sulfide) groups is 1. The molecular formula is C10H11N3O2S. The first-order valence-corrected chi connectivity index (χ1v) is 5.83. The maximum atomic E-state index is 11.9. The summed E-state index contributed by atoms with van der Waals surface area (Å²) in [5.41, 5.74) is 7.28. The van der Waals surface area contributed by atoms with Gasteiger partial charge in [0.05, 0.1) is 28.6 Å². The maximum Gasteiger partial charge on any atom is 0.226 e. The number of Topliss-reactive ketones (excluding diaryl/α,β-unsaturated/α-hetero) is 1. The summed E-state index contributed by atoms with van der Waals surface area (Å²) in [6, 6.07) is 0. The number of allylic oxidation sites excluding steroid dienone is 2. The fourth-order valence-electron chi connectivity index (χ4n) is 1.75. The minimum atomic E-state index is -0.310. The summed E-state index contributed by atoms with van der Waals surface area (Å²) in [7, 11) is 0. The van der Waals surface area contributed by atoms with Crippen LogP contribution in [0.15, 0.2) is 16.8 Å². The molecule has 0 fully saturated rings. The second kappa shape index (κ2) is 3.80.